The fraction of sp³-hybridized carbons (Fsp3) is 0.105. The molecule has 1 amide bonds. The molecule has 0 atom stereocenters. The van der Waals surface area contributed by atoms with Crippen LogP contribution >= 0.6 is 0 Å². The average molecular weight is 346 g/mol. The molecule has 0 aliphatic rings. The number of carbonyl (C=O) groups excluding carboxylic acids is 1. The third-order valence-corrected chi connectivity index (χ3v) is 4.00. The second-order valence-corrected chi connectivity index (χ2v) is 5.79. The molecule has 0 fully saturated rings. The van der Waals surface area contributed by atoms with Gasteiger partial charge < -0.3 is 14.2 Å². The zero-order chi connectivity index (χ0) is 18.3. The van der Waals surface area contributed by atoms with Crippen molar-refractivity contribution in [3.63, 3.8) is 0 Å². The van der Waals surface area contributed by atoms with Gasteiger partial charge in [-0.2, -0.15) is 5.26 Å². The number of hydrogen-bond acceptors (Lipinski definition) is 5. The van der Waals surface area contributed by atoms with Gasteiger partial charge in [0.15, 0.2) is 11.5 Å². The first kappa shape index (κ1) is 15.7. The van der Waals surface area contributed by atoms with Crippen molar-refractivity contribution in [3.8, 4) is 12.0 Å². The maximum atomic E-state index is 12.8. The predicted molar refractivity (Wildman–Crippen MR) is 94.2 cm³/mol. The lowest BCUT2D eigenvalue weighted by molar-refractivity contribution is 0.102. The highest BCUT2D eigenvalue weighted by atomic mass is 16.4. The Kier molecular flexibility index (Phi) is 3.59. The van der Waals surface area contributed by atoms with Crippen LogP contribution in [-0.4, -0.2) is 15.5 Å². The van der Waals surface area contributed by atoms with Crippen molar-refractivity contribution in [1.29, 1.82) is 5.26 Å². The first-order valence-corrected chi connectivity index (χ1v) is 7.92. The van der Waals surface area contributed by atoms with Gasteiger partial charge in [0.05, 0.1) is 0 Å². The lowest BCUT2D eigenvalue weighted by atomic mass is 10.1. The van der Waals surface area contributed by atoms with Gasteiger partial charge in [-0.1, -0.05) is 0 Å². The number of carbonyl (C=O) groups is 1. The fourth-order valence-corrected chi connectivity index (χ4v) is 2.87. The Hall–Kier alpha value is -3.79. The summed E-state index contributed by atoms with van der Waals surface area (Å²) in [5, 5.41) is 12.3. The molecule has 0 saturated carbocycles. The predicted octanol–water partition coefficient (Wildman–Crippen LogP) is 3.95. The van der Waals surface area contributed by atoms with E-state index < -0.39 is 5.91 Å². The van der Waals surface area contributed by atoms with E-state index >= 15 is 0 Å². The number of rotatable bonds is 3. The van der Waals surface area contributed by atoms with E-state index in [9.17, 15) is 10.1 Å². The van der Waals surface area contributed by atoms with Gasteiger partial charge >= 0.3 is 0 Å². The highest BCUT2D eigenvalue weighted by molar-refractivity contribution is 6.07. The minimum atomic E-state index is -0.416. The normalized spacial score (nSPS) is 10.8. The highest BCUT2D eigenvalue weighted by Gasteiger charge is 2.24. The third-order valence-electron chi connectivity index (χ3n) is 4.00. The molecule has 1 aromatic carbocycles. The van der Waals surface area contributed by atoms with E-state index in [4.69, 9.17) is 8.83 Å². The number of fused-ring (bicyclic) bond motifs is 1. The Morgan fingerprint density at radius 2 is 2.00 bits per heavy atom. The Balaban J connectivity index is 1.70. The zero-order valence-corrected chi connectivity index (χ0v) is 14.1. The van der Waals surface area contributed by atoms with Crippen LogP contribution in [0.3, 0.4) is 0 Å². The lowest BCUT2D eigenvalue weighted by Gasteiger charge is -2.04. The molecule has 1 N–H and O–H groups in total. The molecule has 4 aromatic rings. The van der Waals surface area contributed by atoms with Crippen molar-refractivity contribution in [3.05, 3.63) is 65.5 Å². The van der Waals surface area contributed by atoms with Crippen molar-refractivity contribution in [2.45, 2.75) is 13.8 Å². The van der Waals surface area contributed by atoms with E-state index in [0.29, 0.717) is 34.3 Å². The topological polar surface area (TPSA) is 97.0 Å². The number of nitrogens with zero attached hydrogens (tertiary/aromatic N) is 3. The summed E-state index contributed by atoms with van der Waals surface area (Å²) in [6, 6.07) is 10.9. The second kappa shape index (κ2) is 5.93. The summed E-state index contributed by atoms with van der Waals surface area (Å²) in [6.45, 7) is 3.42. The van der Waals surface area contributed by atoms with Crippen molar-refractivity contribution in [2.24, 2.45) is 0 Å². The summed E-state index contributed by atoms with van der Waals surface area (Å²) in [5.41, 5.74) is 2.26. The van der Waals surface area contributed by atoms with Crippen LogP contribution in [0.1, 0.15) is 27.6 Å². The van der Waals surface area contributed by atoms with Crippen LogP contribution in [0.25, 0.3) is 17.0 Å². The molecule has 26 heavy (non-hydrogen) atoms. The molecular formula is C19H14N4O3. The van der Waals surface area contributed by atoms with E-state index in [-0.39, 0.29) is 11.1 Å². The largest absolute Gasteiger partial charge is 0.443 e. The smallest absolute Gasteiger partial charge is 0.260 e. The molecule has 0 saturated heterocycles. The number of benzene rings is 1. The number of anilines is 1. The van der Waals surface area contributed by atoms with Crippen LogP contribution in [0.4, 0.5) is 5.69 Å². The highest BCUT2D eigenvalue weighted by Crippen LogP contribution is 2.27. The van der Waals surface area contributed by atoms with E-state index in [2.05, 4.69) is 16.4 Å². The molecule has 128 valence electrons. The first-order chi connectivity index (χ1) is 12.6. The van der Waals surface area contributed by atoms with Gasteiger partial charge in [-0.15, -0.1) is 0 Å². The van der Waals surface area contributed by atoms with Crippen molar-refractivity contribution >= 4 is 22.7 Å². The molecule has 3 heterocycles. The Morgan fingerprint density at radius 3 is 2.73 bits per heavy atom. The zero-order valence-electron chi connectivity index (χ0n) is 14.1. The van der Waals surface area contributed by atoms with Crippen LogP contribution < -0.4 is 5.32 Å². The minimum absolute atomic E-state index is 0.189. The van der Waals surface area contributed by atoms with Gasteiger partial charge in [0, 0.05) is 25.0 Å². The maximum absolute atomic E-state index is 12.8. The van der Waals surface area contributed by atoms with Gasteiger partial charge in [0.2, 0.25) is 5.88 Å². The minimum Gasteiger partial charge on any atom is -0.443 e. The molecule has 4 rings (SSSR count). The number of aryl methyl sites for hydroxylation is 2. The standard InChI is InChI=1S/C19H14N4O3/c1-11-17(14(10-20)19(25-11)23-7-3-4-8-23)18(24)22-13-5-6-16-15(9-13)21-12(2)26-16/h3-9H,1-2H3,(H,22,24). The summed E-state index contributed by atoms with van der Waals surface area (Å²) in [7, 11) is 0. The third kappa shape index (κ3) is 2.54. The molecule has 0 unspecified atom stereocenters. The molecule has 3 aromatic heterocycles. The summed E-state index contributed by atoms with van der Waals surface area (Å²) in [5.74, 6) is 0.835. The van der Waals surface area contributed by atoms with Crippen LogP contribution in [0.15, 0.2) is 51.6 Å². The number of amides is 1. The van der Waals surface area contributed by atoms with E-state index in [0.717, 1.165) is 0 Å². The van der Waals surface area contributed by atoms with Gasteiger partial charge in [-0.3, -0.25) is 9.36 Å². The molecule has 0 spiro atoms. The van der Waals surface area contributed by atoms with Crippen LogP contribution in [0.5, 0.6) is 0 Å². The van der Waals surface area contributed by atoms with Gasteiger partial charge in [0.25, 0.3) is 5.91 Å². The molecule has 7 nitrogen and oxygen atoms in total. The van der Waals surface area contributed by atoms with E-state index in [1.165, 1.54) is 0 Å². The van der Waals surface area contributed by atoms with Crippen molar-refractivity contribution in [2.75, 3.05) is 5.32 Å². The van der Waals surface area contributed by atoms with Gasteiger partial charge in [-0.05, 0) is 37.3 Å². The Labute approximate surface area is 148 Å². The molecule has 7 heteroatoms. The maximum Gasteiger partial charge on any atom is 0.260 e. The number of hydrogen-bond donors (Lipinski definition) is 1. The summed E-state index contributed by atoms with van der Waals surface area (Å²) in [6.07, 6.45) is 3.50. The number of furan rings is 1. The summed E-state index contributed by atoms with van der Waals surface area (Å²) in [4.78, 5) is 17.0. The fourth-order valence-electron chi connectivity index (χ4n) is 2.87. The van der Waals surface area contributed by atoms with Crippen molar-refractivity contribution < 1.29 is 13.6 Å². The van der Waals surface area contributed by atoms with Crippen LogP contribution in [-0.2, 0) is 0 Å². The lowest BCUT2D eigenvalue weighted by Crippen LogP contribution is -2.13. The number of nitriles is 1. The van der Waals surface area contributed by atoms with E-state index in [1.54, 1.807) is 49.0 Å². The first-order valence-electron chi connectivity index (χ1n) is 7.92. The second-order valence-electron chi connectivity index (χ2n) is 5.79. The molecular weight excluding hydrogens is 332 g/mol. The molecule has 0 radical (unpaired) electrons. The SMILES string of the molecule is Cc1nc2cc(NC(=O)c3c(C)oc(-n4cccc4)c3C#N)ccc2o1. The molecule has 0 bridgehead atoms. The average Bonchev–Trinajstić information content (AvgIpc) is 3.31. The van der Waals surface area contributed by atoms with Gasteiger partial charge in [-0.25, -0.2) is 4.98 Å². The molecule has 0 aliphatic heterocycles. The van der Waals surface area contributed by atoms with Crippen LogP contribution in [0.2, 0.25) is 0 Å². The van der Waals surface area contributed by atoms with E-state index in [1.807, 2.05) is 12.1 Å². The summed E-state index contributed by atoms with van der Waals surface area (Å²) < 4.78 is 12.8. The number of oxazole rings is 1. The monoisotopic (exact) mass is 346 g/mol. The molecule has 0 aliphatic carbocycles. The summed E-state index contributed by atoms with van der Waals surface area (Å²) >= 11 is 0. The quantitative estimate of drug-likeness (QED) is 0.606. The van der Waals surface area contributed by atoms with Crippen LogP contribution in [0, 0.1) is 25.2 Å². The number of nitrogens with one attached hydrogen (secondary N) is 1. The van der Waals surface area contributed by atoms with Gasteiger partial charge in [0.1, 0.15) is 28.5 Å². The Morgan fingerprint density at radius 1 is 1.23 bits per heavy atom. The Bertz CT molecular complexity index is 1160. The van der Waals surface area contributed by atoms with Crippen molar-refractivity contribution in [1.82, 2.24) is 9.55 Å². The number of aromatic nitrogens is 2.